The zero-order valence-electron chi connectivity index (χ0n) is 11.5. The minimum Gasteiger partial charge on any atom is -0.396 e. The van der Waals surface area contributed by atoms with Gasteiger partial charge < -0.3 is 10.4 Å². The van der Waals surface area contributed by atoms with Gasteiger partial charge in [0.2, 0.25) is 0 Å². The van der Waals surface area contributed by atoms with E-state index in [9.17, 15) is 4.79 Å². The standard InChI is InChI=1S/C15H23NO2/c1-4-13(5-6-17)10-16-15(18)14-8-11(2)7-12(3)9-14/h7-9,13,17H,4-6,10H2,1-3H3,(H,16,18). The molecule has 3 nitrogen and oxygen atoms in total. The van der Waals surface area contributed by atoms with Crippen molar-refractivity contribution < 1.29 is 9.90 Å². The first-order valence-electron chi connectivity index (χ1n) is 6.54. The molecule has 1 unspecified atom stereocenters. The third-order valence-electron chi connectivity index (χ3n) is 3.15. The summed E-state index contributed by atoms with van der Waals surface area (Å²) in [4.78, 5) is 12.0. The number of rotatable bonds is 6. The van der Waals surface area contributed by atoms with Gasteiger partial charge >= 0.3 is 0 Å². The van der Waals surface area contributed by atoms with Crippen LogP contribution in [-0.2, 0) is 0 Å². The van der Waals surface area contributed by atoms with Crippen molar-refractivity contribution in [1.29, 1.82) is 0 Å². The van der Waals surface area contributed by atoms with Crippen LogP contribution in [0.2, 0.25) is 0 Å². The van der Waals surface area contributed by atoms with E-state index < -0.39 is 0 Å². The Morgan fingerprint density at radius 2 is 1.89 bits per heavy atom. The fourth-order valence-electron chi connectivity index (χ4n) is 2.08. The molecule has 0 aliphatic heterocycles. The summed E-state index contributed by atoms with van der Waals surface area (Å²) in [5.41, 5.74) is 2.91. The van der Waals surface area contributed by atoms with Crippen LogP contribution in [0.25, 0.3) is 0 Å². The number of hydrogen-bond acceptors (Lipinski definition) is 2. The molecule has 0 aliphatic rings. The highest BCUT2D eigenvalue weighted by molar-refractivity contribution is 5.94. The molecule has 1 atom stereocenters. The number of aryl methyl sites for hydroxylation is 2. The number of amides is 1. The number of benzene rings is 1. The van der Waals surface area contributed by atoms with Gasteiger partial charge in [0.15, 0.2) is 0 Å². The second kappa shape index (κ2) is 7.17. The third-order valence-corrected chi connectivity index (χ3v) is 3.15. The normalized spacial score (nSPS) is 12.2. The second-order valence-corrected chi connectivity index (χ2v) is 4.87. The molecule has 3 heteroatoms. The van der Waals surface area contributed by atoms with Gasteiger partial charge in [0.05, 0.1) is 0 Å². The lowest BCUT2D eigenvalue weighted by Crippen LogP contribution is -2.29. The molecule has 0 aliphatic carbocycles. The molecule has 1 amide bonds. The molecule has 0 heterocycles. The fraction of sp³-hybridized carbons (Fsp3) is 0.533. The fourth-order valence-corrected chi connectivity index (χ4v) is 2.08. The molecule has 0 spiro atoms. The van der Waals surface area contributed by atoms with Crippen LogP contribution < -0.4 is 5.32 Å². The Labute approximate surface area is 109 Å². The van der Waals surface area contributed by atoms with E-state index >= 15 is 0 Å². The molecular formula is C15H23NO2. The maximum absolute atomic E-state index is 12.0. The van der Waals surface area contributed by atoms with E-state index in [4.69, 9.17) is 5.11 Å². The lowest BCUT2D eigenvalue weighted by Gasteiger charge is -2.14. The van der Waals surface area contributed by atoms with Crippen molar-refractivity contribution in [2.24, 2.45) is 5.92 Å². The summed E-state index contributed by atoms with van der Waals surface area (Å²) in [5, 5.41) is 11.8. The Morgan fingerprint density at radius 3 is 2.39 bits per heavy atom. The van der Waals surface area contributed by atoms with Gasteiger partial charge in [0, 0.05) is 18.7 Å². The monoisotopic (exact) mass is 249 g/mol. The van der Waals surface area contributed by atoms with Gasteiger partial charge in [0.1, 0.15) is 0 Å². The van der Waals surface area contributed by atoms with Crippen LogP contribution in [0.4, 0.5) is 0 Å². The molecule has 0 bridgehead atoms. The van der Waals surface area contributed by atoms with Crippen molar-refractivity contribution in [3.8, 4) is 0 Å². The molecule has 0 saturated carbocycles. The summed E-state index contributed by atoms with van der Waals surface area (Å²) >= 11 is 0. The van der Waals surface area contributed by atoms with Gasteiger partial charge in [-0.05, 0) is 38.3 Å². The molecule has 100 valence electrons. The summed E-state index contributed by atoms with van der Waals surface area (Å²) in [5.74, 6) is 0.322. The van der Waals surface area contributed by atoms with Crippen LogP contribution in [0.15, 0.2) is 18.2 Å². The van der Waals surface area contributed by atoms with Gasteiger partial charge in [-0.25, -0.2) is 0 Å². The van der Waals surface area contributed by atoms with Gasteiger partial charge in [-0.15, -0.1) is 0 Å². The minimum atomic E-state index is -0.0295. The molecule has 0 radical (unpaired) electrons. The predicted molar refractivity (Wildman–Crippen MR) is 73.7 cm³/mol. The van der Waals surface area contributed by atoms with Crippen LogP contribution in [0.5, 0.6) is 0 Å². The zero-order chi connectivity index (χ0) is 13.5. The average molecular weight is 249 g/mol. The molecule has 0 fully saturated rings. The van der Waals surface area contributed by atoms with Crippen molar-refractivity contribution in [2.75, 3.05) is 13.2 Å². The quantitative estimate of drug-likeness (QED) is 0.813. The minimum absolute atomic E-state index is 0.0295. The van der Waals surface area contributed by atoms with Crippen LogP contribution in [-0.4, -0.2) is 24.2 Å². The Hall–Kier alpha value is -1.35. The van der Waals surface area contributed by atoms with Crippen LogP contribution in [0.1, 0.15) is 41.3 Å². The topological polar surface area (TPSA) is 49.3 Å². The Bertz CT molecular complexity index is 381. The lowest BCUT2D eigenvalue weighted by atomic mass is 10.0. The summed E-state index contributed by atoms with van der Waals surface area (Å²) in [7, 11) is 0. The first-order valence-corrected chi connectivity index (χ1v) is 6.54. The van der Waals surface area contributed by atoms with E-state index in [1.807, 2.05) is 26.0 Å². The van der Waals surface area contributed by atoms with Gasteiger partial charge in [-0.2, -0.15) is 0 Å². The highest BCUT2D eigenvalue weighted by Gasteiger charge is 2.10. The Kier molecular flexibility index (Phi) is 5.86. The zero-order valence-corrected chi connectivity index (χ0v) is 11.5. The Morgan fingerprint density at radius 1 is 1.28 bits per heavy atom. The number of hydrogen-bond donors (Lipinski definition) is 2. The van der Waals surface area contributed by atoms with Crippen molar-refractivity contribution in [3.05, 3.63) is 34.9 Å². The first kappa shape index (κ1) is 14.7. The number of aliphatic hydroxyl groups excluding tert-OH is 1. The molecule has 1 rings (SSSR count). The van der Waals surface area contributed by atoms with Crippen molar-refractivity contribution in [1.82, 2.24) is 5.32 Å². The maximum atomic E-state index is 12.0. The summed E-state index contributed by atoms with van der Waals surface area (Å²) < 4.78 is 0. The molecule has 1 aromatic carbocycles. The largest absolute Gasteiger partial charge is 0.396 e. The molecule has 2 N–H and O–H groups in total. The molecule has 18 heavy (non-hydrogen) atoms. The van der Waals surface area contributed by atoms with E-state index in [0.29, 0.717) is 18.0 Å². The van der Waals surface area contributed by atoms with Crippen molar-refractivity contribution in [3.63, 3.8) is 0 Å². The van der Waals surface area contributed by atoms with Crippen LogP contribution in [0, 0.1) is 19.8 Å². The smallest absolute Gasteiger partial charge is 0.251 e. The highest BCUT2D eigenvalue weighted by atomic mass is 16.3. The second-order valence-electron chi connectivity index (χ2n) is 4.87. The van der Waals surface area contributed by atoms with Gasteiger partial charge in [-0.1, -0.05) is 30.5 Å². The molecule has 1 aromatic rings. The van der Waals surface area contributed by atoms with E-state index in [0.717, 1.165) is 24.0 Å². The predicted octanol–water partition coefficient (Wildman–Crippen LogP) is 2.44. The van der Waals surface area contributed by atoms with E-state index in [-0.39, 0.29) is 12.5 Å². The SMILES string of the molecule is CCC(CCO)CNC(=O)c1cc(C)cc(C)c1. The first-order chi connectivity index (χ1) is 8.56. The number of aliphatic hydroxyl groups is 1. The average Bonchev–Trinajstić information content (AvgIpc) is 2.32. The molecule has 0 saturated heterocycles. The van der Waals surface area contributed by atoms with E-state index in [1.165, 1.54) is 0 Å². The number of carbonyl (C=O) groups is 1. The number of carbonyl (C=O) groups excluding carboxylic acids is 1. The van der Waals surface area contributed by atoms with Crippen molar-refractivity contribution >= 4 is 5.91 Å². The van der Waals surface area contributed by atoms with Crippen LogP contribution >= 0.6 is 0 Å². The summed E-state index contributed by atoms with van der Waals surface area (Å²) in [6.45, 7) is 6.86. The van der Waals surface area contributed by atoms with Gasteiger partial charge in [0.25, 0.3) is 5.91 Å². The molecular weight excluding hydrogens is 226 g/mol. The molecule has 0 aromatic heterocycles. The van der Waals surface area contributed by atoms with E-state index in [2.05, 4.69) is 18.3 Å². The summed E-state index contributed by atoms with van der Waals surface area (Å²) in [6.07, 6.45) is 1.71. The highest BCUT2D eigenvalue weighted by Crippen LogP contribution is 2.10. The third kappa shape index (κ3) is 4.49. The lowest BCUT2D eigenvalue weighted by molar-refractivity contribution is 0.0943. The van der Waals surface area contributed by atoms with Crippen molar-refractivity contribution in [2.45, 2.75) is 33.6 Å². The Balaban J connectivity index is 2.59. The van der Waals surface area contributed by atoms with Crippen LogP contribution in [0.3, 0.4) is 0 Å². The number of nitrogens with one attached hydrogen (secondary N) is 1. The van der Waals surface area contributed by atoms with E-state index in [1.54, 1.807) is 0 Å². The summed E-state index contributed by atoms with van der Waals surface area (Å²) in [6, 6.07) is 5.85. The van der Waals surface area contributed by atoms with Gasteiger partial charge in [-0.3, -0.25) is 4.79 Å². The maximum Gasteiger partial charge on any atom is 0.251 e.